The van der Waals surface area contributed by atoms with Crippen LogP contribution < -0.4 is 5.32 Å². The van der Waals surface area contributed by atoms with Crippen LogP contribution in [0.5, 0.6) is 0 Å². The molecule has 0 spiro atoms. The molecule has 3 heterocycles. The highest BCUT2D eigenvalue weighted by Gasteiger charge is 2.34. The molecule has 0 bridgehead atoms. The van der Waals surface area contributed by atoms with Gasteiger partial charge in [-0.25, -0.2) is 4.79 Å². The summed E-state index contributed by atoms with van der Waals surface area (Å²) in [7, 11) is 0. The van der Waals surface area contributed by atoms with E-state index < -0.39 is 6.04 Å². The Morgan fingerprint density at radius 1 is 1.22 bits per heavy atom. The largest absolute Gasteiger partial charge is 0.472 e. The highest BCUT2D eigenvalue weighted by Crippen LogP contribution is 2.16. The number of hydrogen-bond donors (Lipinski definition) is 1. The Balaban J connectivity index is 1.55. The maximum Gasteiger partial charge on any atom is 0.409 e. The number of ether oxygens (including phenoxy) is 1. The summed E-state index contributed by atoms with van der Waals surface area (Å²) in [5, 5.41) is 2.84. The second-order valence-corrected chi connectivity index (χ2v) is 6.68. The lowest BCUT2D eigenvalue weighted by atomic mass is 10.1. The zero-order valence-electron chi connectivity index (χ0n) is 15.6. The van der Waals surface area contributed by atoms with Crippen molar-refractivity contribution in [2.24, 2.45) is 0 Å². The Labute approximate surface area is 158 Å². The fourth-order valence-corrected chi connectivity index (χ4v) is 3.44. The molecule has 148 valence electrons. The van der Waals surface area contributed by atoms with Crippen LogP contribution in [0.3, 0.4) is 0 Å². The van der Waals surface area contributed by atoms with Gasteiger partial charge in [0.1, 0.15) is 0 Å². The van der Waals surface area contributed by atoms with Gasteiger partial charge in [-0.2, -0.15) is 0 Å². The summed E-state index contributed by atoms with van der Waals surface area (Å²) in [4.78, 5) is 42.2. The fourth-order valence-electron chi connectivity index (χ4n) is 3.44. The minimum absolute atomic E-state index is 0.0715. The van der Waals surface area contributed by atoms with E-state index in [0.29, 0.717) is 52.4 Å². The number of nitrogens with one attached hydrogen (secondary N) is 1. The summed E-state index contributed by atoms with van der Waals surface area (Å²) in [6.45, 7) is 5.72. The molecule has 2 fully saturated rings. The van der Waals surface area contributed by atoms with Crippen LogP contribution in [0.2, 0.25) is 0 Å². The van der Waals surface area contributed by atoms with Crippen molar-refractivity contribution < 1.29 is 23.5 Å². The molecule has 2 aliphatic heterocycles. The predicted molar refractivity (Wildman–Crippen MR) is 95.7 cm³/mol. The molecule has 0 radical (unpaired) electrons. The molecule has 0 saturated carbocycles. The molecule has 27 heavy (non-hydrogen) atoms. The lowest BCUT2D eigenvalue weighted by Crippen LogP contribution is -2.57. The van der Waals surface area contributed by atoms with E-state index in [1.807, 2.05) is 11.0 Å². The van der Waals surface area contributed by atoms with E-state index in [4.69, 9.17) is 9.15 Å². The minimum Gasteiger partial charge on any atom is -0.472 e. The van der Waals surface area contributed by atoms with Gasteiger partial charge >= 0.3 is 6.09 Å². The highest BCUT2D eigenvalue weighted by molar-refractivity contribution is 5.89. The number of nitrogens with zero attached hydrogens (tertiary/aromatic N) is 3. The Bertz CT molecular complexity index is 655. The van der Waals surface area contributed by atoms with Gasteiger partial charge in [-0.1, -0.05) is 0 Å². The first-order valence-corrected chi connectivity index (χ1v) is 9.30. The Morgan fingerprint density at radius 2 is 1.96 bits per heavy atom. The normalized spacial score (nSPS) is 21.1. The first-order valence-electron chi connectivity index (χ1n) is 9.30. The quantitative estimate of drug-likeness (QED) is 0.790. The van der Waals surface area contributed by atoms with E-state index in [0.717, 1.165) is 5.56 Å². The third kappa shape index (κ3) is 4.79. The summed E-state index contributed by atoms with van der Waals surface area (Å²) in [5.74, 6) is -0.194. The van der Waals surface area contributed by atoms with E-state index in [1.54, 1.807) is 29.2 Å². The number of furan rings is 1. The number of rotatable bonds is 5. The third-order valence-corrected chi connectivity index (χ3v) is 4.93. The van der Waals surface area contributed by atoms with Crippen molar-refractivity contribution in [3.63, 3.8) is 0 Å². The van der Waals surface area contributed by atoms with Crippen LogP contribution in [0, 0.1) is 0 Å². The van der Waals surface area contributed by atoms with Gasteiger partial charge in [0.05, 0.1) is 31.6 Å². The van der Waals surface area contributed by atoms with Gasteiger partial charge in [-0.05, 0) is 13.0 Å². The van der Waals surface area contributed by atoms with E-state index >= 15 is 0 Å². The molecule has 0 aromatic carbocycles. The average molecular weight is 378 g/mol. The number of amides is 3. The zero-order valence-corrected chi connectivity index (χ0v) is 15.6. The van der Waals surface area contributed by atoms with E-state index in [9.17, 15) is 14.4 Å². The third-order valence-electron chi connectivity index (χ3n) is 4.93. The summed E-state index contributed by atoms with van der Waals surface area (Å²) < 4.78 is 10.1. The average Bonchev–Trinajstić information content (AvgIpc) is 3.18. The smallest absolute Gasteiger partial charge is 0.409 e. The second kappa shape index (κ2) is 8.90. The SMILES string of the molecule is CCOC(=O)N1CCN(C(=O)C[C@@H]2C(=O)NCCN2Cc2ccoc2)CC1. The number of piperazine rings is 2. The predicted octanol–water partition coefficient (Wildman–Crippen LogP) is 0.271. The van der Waals surface area contributed by atoms with Gasteiger partial charge in [0.25, 0.3) is 0 Å². The number of carbonyl (C=O) groups is 3. The Morgan fingerprint density at radius 3 is 2.63 bits per heavy atom. The molecule has 9 nitrogen and oxygen atoms in total. The molecule has 1 aromatic rings. The molecule has 9 heteroatoms. The van der Waals surface area contributed by atoms with Crippen molar-refractivity contribution in [3.05, 3.63) is 24.2 Å². The first-order chi connectivity index (χ1) is 13.1. The van der Waals surface area contributed by atoms with Crippen LogP contribution in [0.1, 0.15) is 18.9 Å². The van der Waals surface area contributed by atoms with E-state index in [-0.39, 0.29) is 24.3 Å². The zero-order chi connectivity index (χ0) is 19.2. The van der Waals surface area contributed by atoms with Gasteiger partial charge in [-0.15, -0.1) is 0 Å². The van der Waals surface area contributed by atoms with Crippen molar-refractivity contribution in [3.8, 4) is 0 Å². The molecule has 3 amide bonds. The van der Waals surface area contributed by atoms with Gasteiger partial charge in [-0.3, -0.25) is 14.5 Å². The molecule has 0 aliphatic carbocycles. The van der Waals surface area contributed by atoms with Crippen LogP contribution in [0.25, 0.3) is 0 Å². The molecule has 2 aliphatic rings. The monoisotopic (exact) mass is 378 g/mol. The molecule has 0 unspecified atom stereocenters. The van der Waals surface area contributed by atoms with Crippen molar-refractivity contribution >= 4 is 17.9 Å². The molecule has 3 rings (SSSR count). The van der Waals surface area contributed by atoms with Gasteiger partial charge in [0.15, 0.2) is 0 Å². The van der Waals surface area contributed by atoms with E-state index in [1.165, 1.54) is 0 Å². The molecular weight excluding hydrogens is 352 g/mol. The number of carbonyl (C=O) groups excluding carboxylic acids is 3. The maximum absolute atomic E-state index is 12.7. The summed E-state index contributed by atoms with van der Waals surface area (Å²) >= 11 is 0. The fraction of sp³-hybridized carbons (Fsp3) is 0.611. The standard InChI is InChI=1S/C18H26N4O5/c1-2-27-18(25)21-8-6-20(7-9-21)16(23)11-15-17(24)19-4-5-22(15)12-14-3-10-26-13-14/h3,10,13,15H,2,4-9,11-12H2,1H3,(H,19,24)/t15-/m1/s1. The van der Waals surface area contributed by atoms with E-state index in [2.05, 4.69) is 5.32 Å². The second-order valence-electron chi connectivity index (χ2n) is 6.68. The molecule has 1 N–H and O–H groups in total. The van der Waals surface area contributed by atoms with Crippen molar-refractivity contribution in [1.82, 2.24) is 20.0 Å². The summed E-state index contributed by atoms with van der Waals surface area (Å²) in [5.41, 5.74) is 0.977. The highest BCUT2D eigenvalue weighted by atomic mass is 16.6. The van der Waals surface area contributed by atoms with Crippen LogP contribution in [-0.2, 0) is 20.9 Å². The Hall–Kier alpha value is -2.55. The Kier molecular flexibility index (Phi) is 6.33. The van der Waals surface area contributed by atoms with Crippen LogP contribution in [0.15, 0.2) is 23.0 Å². The molecule has 2 saturated heterocycles. The van der Waals surface area contributed by atoms with Crippen molar-refractivity contribution in [2.45, 2.75) is 25.9 Å². The number of hydrogen-bond acceptors (Lipinski definition) is 6. The van der Waals surface area contributed by atoms with Gasteiger partial charge < -0.3 is 24.3 Å². The maximum atomic E-state index is 12.7. The lowest BCUT2D eigenvalue weighted by Gasteiger charge is -2.37. The van der Waals surface area contributed by atoms with Gasteiger partial charge in [0.2, 0.25) is 11.8 Å². The summed E-state index contributed by atoms with van der Waals surface area (Å²) in [6.07, 6.45) is 3.04. The minimum atomic E-state index is -0.496. The van der Waals surface area contributed by atoms with Gasteiger partial charge in [0, 0.05) is 51.4 Å². The van der Waals surface area contributed by atoms with Crippen LogP contribution in [-0.4, -0.2) is 84.5 Å². The molecule has 1 aromatic heterocycles. The first kappa shape index (κ1) is 19.2. The van der Waals surface area contributed by atoms with Crippen molar-refractivity contribution in [1.29, 1.82) is 0 Å². The van der Waals surface area contributed by atoms with Crippen molar-refractivity contribution in [2.75, 3.05) is 45.9 Å². The van der Waals surface area contributed by atoms with Crippen LogP contribution >= 0.6 is 0 Å². The molecular formula is C18H26N4O5. The summed E-state index contributed by atoms with van der Waals surface area (Å²) in [6, 6.07) is 1.37. The lowest BCUT2D eigenvalue weighted by molar-refractivity contribution is -0.140. The van der Waals surface area contributed by atoms with Crippen LogP contribution in [0.4, 0.5) is 4.79 Å². The molecule has 1 atom stereocenters. The topological polar surface area (TPSA) is 95.3 Å².